The van der Waals surface area contributed by atoms with E-state index in [-0.39, 0.29) is 35.9 Å². The van der Waals surface area contributed by atoms with Crippen LogP contribution in [-0.4, -0.2) is 67.8 Å². The number of amides is 1. The van der Waals surface area contributed by atoms with E-state index in [1.807, 2.05) is 13.8 Å². The number of nitrogens with zero attached hydrogens (tertiary/aromatic N) is 5. The van der Waals surface area contributed by atoms with Crippen molar-refractivity contribution in [2.75, 3.05) is 19.6 Å². The Hall–Kier alpha value is -2.27. The lowest BCUT2D eigenvalue weighted by Crippen LogP contribution is -2.58. The zero-order valence-corrected chi connectivity index (χ0v) is 19.4. The van der Waals surface area contributed by atoms with Crippen LogP contribution in [0.2, 0.25) is 0 Å². The minimum absolute atomic E-state index is 0.101. The molecule has 0 unspecified atom stereocenters. The number of aromatic nitrogens is 4. The molecule has 1 saturated heterocycles. The number of morpholine rings is 1. The van der Waals surface area contributed by atoms with Crippen molar-refractivity contribution >= 4 is 11.7 Å². The molecule has 0 saturated carbocycles. The van der Waals surface area contributed by atoms with Gasteiger partial charge < -0.3 is 10.1 Å². The molecule has 0 bridgehead atoms. The predicted molar refractivity (Wildman–Crippen MR) is 112 cm³/mol. The molecule has 2 atom stereocenters. The van der Waals surface area contributed by atoms with Gasteiger partial charge in [0.1, 0.15) is 0 Å². The number of aryl methyl sites for hydroxylation is 2. The van der Waals surface area contributed by atoms with Gasteiger partial charge in [-0.3, -0.25) is 9.69 Å². The summed E-state index contributed by atoms with van der Waals surface area (Å²) in [5.74, 6) is -1.45. The molecule has 8 nitrogen and oxygen atoms in total. The molecule has 32 heavy (non-hydrogen) atoms. The monoisotopic (exact) mass is 456 g/mol. The smallest absolute Gasteiger partial charge is 0.373 e. The maximum absolute atomic E-state index is 12.9. The van der Waals surface area contributed by atoms with Crippen molar-refractivity contribution in [1.82, 2.24) is 29.8 Å². The lowest BCUT2D eigenvalue weighted by atomic mass is 9.99. The average Bonchev–Trinajstić information content (AvgIpc) is 3.10. The highest BCUT2D eigenvalue weighted by Crippen LogP contribution is 2.27. The van der Waals surface area contributed by atoms with Crippen molar-refractivity contribution in [3.05, 3.63) is 22.8 Å². The summed E-state index contributed by atoms with van der Waals surface area (Å²) in [5.41, 5.74) is 1.50. The van der Waals surface area contributed by atoms with Crippen molar-refractivity contribution in [2.45, 2.75) is 78.3 Å². The highest BCUT2D eigenvalue weighted by molar-refractivity contribution is 5.76. The molecular formula is C21H31F3N6O2. The van der Waals surface area contributed by atoms with E-state index in [2.05, 4.69) is 39.1 Å². The number of carbonyl (C=O) groups excluding carboxylic acids is 1. The predicted octanol–water partition coefficient (Wildman–Crippen LogP) is 2.70. The molecule has 2 aromatic heterocycles. The average molecular weight is 457 g/mol. The second-order valence-electron chi connectivity index (χ2n) is 9.16. The third-order valence-electron chi connectivity index (χ3n) is 5.90. The largest absolute Gasteiger partial charge is 0.453 e. The van der Waals surface area contributed by atoms with Crippen LogP contribution in [0.4, 0.5) is 13.2 Å². The van der Waals surface area contributed by atoms with E-state index in [1.54, 1.807) is 13.8 Å². The van der Waals surface area contributed by atoms with Gasteiger partial charge in [0.15, 0.2) is 0 Å². The molecule has 1 amide bonds. The minimum Gasteiger partial charge on any atom is -0.373 e. The van der Waals surface area contributed by atoms with Crippen molar-refractivity contribution in [3.8, 4) is 0 Å². The van der Waals surface area contributed by atoms with E-state index < -0.39 is 12.0 Å². The van der Waals surface area contributed by atoms with E-state index >= 15 is 0 Å². The molecule has 1 fully saturated rings. The normalized spacial score (nSPS) is 20.7. The van der Waals surface area contributed by atoms with Gasteiger partial charge in [-0.05, 0) is 53.5 Å². The summed E-state index contributed by atoms with van der Waals surface area (Å²) in [7, 11) is 0. The first-order valence-electron chi connectivity index (χ1n) is 10.7. The van der Waals surface area contributed by atoms with Gasteiger partial charge in [-0.25, -0.2) is 9.50 Å². The van der Waals surface area contributed by atoms with E-state index in [9.17, 15) is 18.0 Å². The zero-order chi connectivity index (χ0) is 23.8. The van der Waals surface area contributed by atoms with Crippen LogP contribution in [0.1, 0.15) is 56.9 Å². The fraction of sp³-hybridized carbons (Fsp3) is 0.714. The van der Waals surface area contributed by atoms with E-state index in [0.29, 0.717) is 29.9 Å². The number of halogens is 3. The topological polar surface area (TPSA) is 84.6 Å². The number of alkyl halides is 3. The molecule has 3 heterocycles. The summed E-state index contributed by atoms with van der Waals surface area (Å²) in [5, 5.41) is 6.54. The van der Waals surface area contributed by atoms with Gasteiger partial charge in [-0.15, -0.1) is 5.10 Å². The van der Waals surface area contributed by atoms with Crippen LogP contribution >= 0.6 is 0 Å². The molecule has 2 aromatic rings. The van der Waals surface area contributed by atoms with Crippen molar-refractivity contribution < 1.29 is 22.7 Å². The fourth-order valence-electron chi connectivity index (χ4n) is 4.12. The Bertz CT molecular complexity index is 978. The van der Waals surface area contributed by atoms with Crippen molar-refractivity contribution in [1.29, 1.82) is 0 Å². The van der Waals surface area contributed by atoms with Crippen molar-refractivity contribution in [2.24, 2.45) is 0 Å². The van der Waals surface area contributed by atoms with Crippen LogP contribution in [0.5, 0.6) is 0 Å². The van der Waals surface area contributed by atoms with Crippen LogP contribution in [0, 0.1) is 13.8 Å². The molecule has 178 valence electrons. The summed E-state index contributed by atoms with van der Waals surface area (Å²) in [6.07, 6.45) is -3.83. The Balaban J connectivity index is 1.63. The number of ether oxygens (including phenoxy) is 1. The summed E-state index contributed by atoms with van der Waals surface area (Å²) < 4.78 is 45.7. The third-order valence-corrected chi connectivity index (χ3v) is 5.90. The Morgan fingerprint density at radius 3 is 2.38 bits per heavy atom. The maximum atomic E-state index is 12.9. The zero-order valence-electron chi connectivity index (χ0n) is 19.4. The Kier molecular flexibility index (Phi) is 6.80. The summed E-state index contributed by atoms with van der Waals surface area (Å²) in [6, 6.07) is 0. The molecular weight excluding hydrogens is 425 g/mol. The second-order valence-corrected chi connectivity index (χ2v) is 9.16. The fourth-order valence-corrected chi connectivity index (χ4v) is 4.12. The maximum Gasteiger partial charge on any atom is 0.453 e. The van der Waals surface area contributed by atoms with E-state index in [0.717, 1.165) is 17.6 Å². The standard InChI is InChI=1S/C21H31F3N6O2/c1-12-9-29(10-13(2)32-12)20(5,6)11-25-17(31)8-7-16-14(3)26-19-27-18(21(22,23)24)28-30(19)15(16)4/h12-13H,7-11H2,1-6H3,(H,25,31)/t12-,13-/m1/s1. The van der Waals surface area contributed by atoms with E-state index in [1.165, 1.54) is 0 Å². The Morgan fingerprint density at radius 2 is 1.78 bits per heavy atom. The molecule has 0 spiro atoms. The van der Waals surface area contributed by atoms with Crippen LogP contribution < -0.4 is 5.32 Å². The van der Waals surface area contributed by atoms with Gasteiger partial charge in [0.25, 0.3) is 11.6 Å². The molecule has 0 aromatic carbocycles. The van der Waals surface area contributed by atoms with Crippen LogP contribution in [0.3, 0.4) is 0 Å². The highest BCUT2D eigenvalue weighted by atomic mass is 19.4. The van der Waals surface area contributed by atoms with Crippen molar-refractivity contribution in [3.63, 3.8) is 0 Å². The molecule has 11 heteroatoms. The lowest BCUT2D eigenvalue weighted by Gasteiger charge is -2.45. The van der Waals surface area contributed by atoms with Crippen LogP contribution in [0.25, 0.3) is 5.78 Å². The minimum atomic E-state index is -4.64. The highest BCUT2D eigenvalue weighted by Gasteiger charge is 2.37. The summed E-state index contributed by atoms with van der Waals surface area (Å²) >= 11 is 0. The number of nitrogens with one attached hydrogen (secondary N) is 1. The van der Waals surface area contributed by atoms with Gasteiger partial charge >= 0.3 is 6.18 Å². The summed E-state index contributed by atoms with van der Waals surface area (Å²) in [4.78, 5) is 22.5. The molecule has 1 aliphatic rings. The molecule has 3 rings (SSSR count). The number of hydrogen-bond donors (Lipinski definition) is 1. The van der Waals surface area contributed by atoms with Gasteiger partial charge in [0.2, 0.25) is 5.91 Å². The first-order chi connectivity index (χ1) is 14.8. The van der Waals surface area contributed by atoms with E-state index in [4.69, 9.17) is 4.74 Å². The first-order valence-corrected chi connectivity index (χ1v) is 10.7. The quantitative estimate of drug-likeness (QED) is 0.720. The van der Waals surface area contributed by atoms with Gasteiger partial charge in [-0.2, -0.15) is 18.2 Å². The Labute approximate surface area is 185 Å². The molecule has 1 aliphatic heterocycles. The first kappa shape index (κ1) is 24.4. The number of carbonyl (C=O) groups is 1. The Morgan fingerprint density at radius 1 is 1.16 bits per heavy atom. The number of rotatable bonds is 6. The van der Waals surface area contributed by atoms with Gasteiger partial charge in [0.05, 0.1) is 12.2 Å². The molecule has 0 radical (unpaired) electrons. The molecule has 0 aliphatic carbocycles. The van der Waals surface area contributed by atoms with Crippen LogP contribution in [0.15, 0.2) is 0 Å². The second kappa shape index (κ2) is 8.93. The van der Waals surface area contributed by atoms with Gasteiger partial charge in [-0.1, -0.05) is 0 Å². The third kappa shape index (κ3) is 5.37. The molecule has 1 N–H and O–H groups in total. The van der Waals surface area contributed by atoms with Gasteiger partial charge in [0, 0.05) is 43.0 Å². The number of hydrogen-bond acceptors (Lipinski definition) is 6. The number of fused-ring (bicyclic) bond motifs is 1. The van der Waals surface area contributed by atoms with Crippen LogP contribution in [-0.2, 0) is 22.1 Å². The lowest BCUT2D eigenvalue weighted by molar-refractivity contribution is -0.144. The SMILES string of the molecule is Cc1nc2nc(C(F)(F)F)nn2c(C)c1CCC(=O)NCC(C)(C)N1C[C@@H](C)O[C@H](C)C1. The summed E-state index contributed by atoms with van der Waals surface area (Å²) in [6.45, 7) is 13.7.